The lowest BCUT2D eigenvalue weighted by Crippen LogP contribution is -2.48. The normalized spacial score (nSPS) is 16.5. The molecule has 1 saturated heterocycles. The molecule has 7 nitrogen and oxygen atoms in total. The quantitative estimate of drug-likeness (QED) is 0.669. The summed E-state index contributed by atoms with van der Waals surface area (Å²) in [4.78, 5) is 19.5. The van der Waals surface area contributed by atoms with E-state index in [1.165, 1.54) is 0 Å². The lowest BCUT2D eigenvalue weighted by molar-refractivity contribution is -0.146. The summed E-state index contributed by atoms with van der Waals surface area (Å²) in [6.45, 7) is 4.31. The van der Waals surface area contributed by atoms with Gasteiger partial charge in [-0.2, -0.15) is 5.10 Å². The van der Waals surface area contributed by atoms with E-state index in [9.17, 15) is 4.79 Å². The molecule has 0 spiro atoms. The molecule has 1 aliphatic heterocycles. The summed E-state index contributed by atoms with van der Waals surface area (Å²) in [6.07, 6.45) is 7.14. The number of carbonyl (C=O) groups is 1. The van der Waals surface area contributed by atoms with E-state index in [1.807, 2.05) is 61.3 Å². The molecule has 1 N–H and O–H groups in total. The summed E-state index contributed by atoms with van der Waals surface area (Å²) in [7, 11) is 1.62. The Hall–Kier alpha value is -3.35. The van der Waals surface area contributed by atoms with Crippen LogP contribution in [0.1, 0.15) is 38.4 Å². The molecule has 4 rings (SSSR count). The highest BCUT2D eigenvalue weighted by molar-refractivity contribution is 5.85. The third-order valence-corrected chi connectivity index (χ3v) is 5.45. The molecular weight excluding hydrogens is 380 g/mol. The van der Waals surface area contributed by atoms with Crippen molar-refractivity contribution in [1.29, 1.82) is 0 Å². The first kappa shape index (κ1) is 19.9. The number of rotatable bonds is 6. The van der Waals surface area contributed by atoms with Gasteiger partial charge in [0.2, 0.25) is 0 Å². The molecule has 2 aromatic heterocycles. The van der Waals surface area contributed by atoms with Crippen LogP contribution in [0.15, 0.2) is 55.0 Å². The van der Waals surface area contributed by atoms with E-state index in [2.05, 4.69) is 15.2 Å². The number of ether oxygens (including phenoxy) is 2. The van der Waals surface area contributed by atoms with Gasteiger partial charge in [-0.05, 0) is 68.7 Å². The van der Waals surface area contributed by atoms with Crippen molar-refractivity contribution in [2.24, 2.45) is 0 Å². The molecule has 1 aliphatic rings. The van der Waals surface area contributed by atoms with Crippen LogP contribution in [0.2, 0.25) is 0 Å². The minimum atomic E-state index is -1.01. The van der Waals surface area contributed by atoms with Crippen molar-refractivity contribution in [1.82, 2.24) is 20.1 Å². The van der Waals surface area contributed by atoms with Crippen LogP contribution in [-0.4, -0.2) is 45.2 Å². The molecule has 156 valence electrons. The Bertz CT molecular complexity index is 999. The van der Waals surface area contributed by atoms with Gasteiger partial charge in [0.1, 0.15) is 11.5 Å². The van der Waals surface area contributed by atoms with Gasteiger partial charge >= 0.3 is 0 Å². The Kier molecular flexibility index (Phi) is 5.44. The van der Waals surface area contributed by atoms with Crippen LogP contribution in [0, 0.1) is 0 Å². The summed E-state index contributed by atoms with van der Waals surface area (Å²) in [6, 6.07) is 11.1. The zero-order valence-corrected chi connectivity index (χ0v) is 17.5. The van der Waals surface area contributed by atoms with Crippen molar-refractivity contribution in [3.8, 4) is 22.6 Å². The second-order valence-corrected chi connectivity index (χ2v) is 7.88. The standard InChI is InChI=1S/C23H26N4O3/c1-23(2,30-18-8-6-17(29-3)7-9-18)22(28)27-14-4-5-20(27)21-19(15-25-26-21)16-10-12-24-13-11-16/h6-13,15,20H,4-5,14H2,1-3H3,(H,25,26)/t20-/m0/s1. The van der Waals surface area contributed by atoms with Crippen LogP contribution in [0.4, 0.5) is 0 Å². The van der Waals surface area contributed by atoms with Crippen molar-refractivity contribution in [3.05, 3.63) is 60.7 Å². The SMILES string of the molecule is COc1ccc(OC(C)(C)C(=O)N2CCC[C@H]2c2[nH]ncc2-c2ccncc2)cc1. The molecule has 0 saturated carbocycles. The van der Waals surface area contributed by atoms with Gasteiger partial charge < -0.3 is 14.4 Å². The number of nitrogens with one attached hydrogen (secondary N) is 1. The highest BCUT2D eigenvalue weighted by Crippen LogP contribution is 2.38. The van der Waals surface area contributed by atoms with Crippen LogP contribution >= 0.6 is 0 Å². The van der Waals surface area contributed by atoms with Crippen LogP contribution in [0.5, 0.6) is 11.5 Å². The molecular formula is C23H26N4O3. The van der Waals surface area contributed by atoms with Crippen molar-refractivity contribution >= 4 is 5.91 Å². The maximum atomic E-state index is 13.5. The topological polar surface area (TPSA) is 80.3 Å². The number of H-pyrrole nitrogens is 1. The number of hydrogen-bond donors (Lipinski definition) is 1. The van der Waals surface area contributed by atoms with Gasteiger partial charge in [-0.3, -0.25) is 14.9 Å². The monoisotopic (exact) mass is 406 g/mol. The number of methoxy groups -OCH3 is 1. The Morgan fingerprint density at radius 2 is 1.83 bits per heavy atom. The number of amides is 1. The number of pyridine rings is 1. The number of hydrogen-bond acceptors (Lipinski definition) is 5. The number of nitrogens with zero attached hydrogens (tertiary/aromatic N) is 3. The van der Waals surface area contributed by atoms with Crippen molar-refractivity contribution in [2.75, 3.05) is 13.7 Å². The average molecular weight is 406 g/mol. The smallest absolute Gasteiger partial charge is 0.266 e. The Balaban J connectivity index is 1.56. The van der Waals surface area contributed by atoms with Gasteiger partial charge in [0.05, 0.1) is 25.0 Å². The van der Waals surface area contributed by atoms with Gasteiger partial charge in [-0.15, -0.1) is 0 Å². The summed E-state index contributed by atoms with van der Waals surface area (Å²) < 4.78 is 11.3. The maximum Gasteiger partial charge on any atom is 0.266 e. The first-order valence-corrected chi connectivity index (χ1v) is 10.1. The van der Waals surface area contributed by atoms with E-state index in [0.29, 0.717) is 12.3 Å². The second-order valence-electron chi connectivity index (χ2n) is 7.88. The number of likely N-dealkylation sites (tertiary alicyclic amines) is 1. The predicted octanol–water partition coefficient (Wildman–Crippen LogP) is 4.00. The molecule has 0 radical (unpaired) electrons. The zero-order chi connectivity index (χ0) is 21.1. The summed E-state index contributed by atoms with van der Waals surface area (Å²) >= 11 is 0. The average Bonchev–Trinajstić information content (AvgIpc) is 3.43. The fraction of sp³-hybridized carbons (Fsp3) is 0.348. The lowest BCUT2D eigenvalue weighted by Gasteiger charge is -2.33. The van der Waals surface area contributed by atoms with Gasteiger partial charge in [-0.25, -0.2) is 0 Å². The summed E-state index contributed by atoms with van der Waals surface area (Å²) in [5.41, 5.74) is 1.97. The van der Waals surface area contributed by atoms with E-state index in [0.717, 1.165) is 35.4 Å². The predicted molar refractivity (Wildman–Crippen MR) is 113 cm³/mol. The number of benzene rings is 1. The highest BCUT2D eigenvalue weighted by Gasteiger charge is 2.41. The van der Waals surface area contributed by atoms with Crippen molar-refractivity contribution in [2.45, 2.75) is 38.3 Å². The van der Waals surface area contributed by atoms with Crippen molar-refractivity contribution < 1.29 is 14.3 Å². The first-order chi connectivity index (χ1) is 14.5. The van der Waals surface area contributed by atoms with E-state index in [4.69, 9.17) is 9.47 Å². The lowest BCUT2D eigenvalue weighted by atomic mass is 10.0. The fourth-order valence-electron chi connectivity index (χ4n) is 3.95. The van der Waals surface area contributed by atoms with E-state index in [-0.39, 0.29) is 11.9 Å². The largest absolute Gasteiger partial charge is 0.497 e. The van der Waals surface area contributed by atoms with Crippen molar-refractivity contribution in [3.63, 3.8) is 0 Å². The molecule has 0 aliphatic carbocycles. The van der Waals surface area contributed by atoms with Crippen LogP contribution in [0.3, 0.4) is 0 Å². The second kappa shape index (κ2) is 8.18. The van der Waals surface area contributed by atoms with E-state index < -0.39 is 5.60 Å². The minimum Gasteiger partial charge on any atom is -0.497 e. The molecule has 1 aromatic carbocycles. The molecule has 1 atom stereocenters. The zero-order valence-electron chi connectivity index (χ0n) is 17.5. The number of carbonyl (C=O) groups excluding carboxylic acids is 1. The van der Waals surface area contributed by atoms with Gasteiger partial charge in [0, 0.05) is 24.5 Å². The summed E-state index contributed by atoms with van der Waals surface area (Å²) in [5.74, 6) is 1.33. The Morgan fingerprint density at radius 1 is 1.13 bits per heavy atom. The number of aromatic nitrogens is 3. The molecule has 30 heavy (non-hydrogen) atoms. The van der Waals surface area contributed by atoms with Crippen LogP contribution < -0.4 is 9.47 Å². The molecule has 1 amide bonds. The third kappa shape index (κ3) is 3.87. The summed E-state index contributed by atoms with van der Waals surface area (Å²) in [5, 5.41) is 7.38. The molecule has 3 heterocycles. The first-order valence-electron chi connectivity index (χ1n) is 10.1. The minimum absolute atomic E-state index is 0.0453. The van der Waals surface area contributed by atoms with Gasteiger partial charge in [0.15, 0.2) is 5.60 Å². The van der Waals surface area contributed by atoms with E-state index >= 15 is 0 Å². The van der Waals surface area contributed by atoms with Gasteiger partial charge in [0.25, 0.3) is 5.91 Å². The van der Waals surface area contributed by atoms with Gasteiger partial charge in [-0.1, -0.05) is 0 Å². The fourth-order valence-corrected chi connectivity index (χ4v) is 3.95. The molecule has 7 heteroatoms. The Morgan fingerprint density at radius 3 is 2.53 bits per heavy atom. The molecule has 0 bridgehead atoms. The molecule has 1 fully saturated rings. The third-order valence-electron chi connectivity index (χ3n) is 5.45. The number of aromatic amines is 1. The van der Waals surface area contributed by atoms with Crippen LogP contribution in [-0.2, 0) is 4.79 Å². The molecule has 3 aromatic rings. The molecule has 0 unspecified atom stereocenters. The van der Waals surface area contributed by atoms with E-state index in [1.54, 1.807) is 19.5 Å². The van der Waals surface area contributed by atoms with Crippen LogP contribution in [0.25, 0.3) is 11.1 Å². The highest BCUT2D eigenvalue weighted by atomic mass is 16.5. The Labute approximate surface area is 176 Å². The maximum absolute atomic E-state index is 13.5.